The van der Waals surface area contributed by atoms with E-state index in [0.717, 1.165) is 12.8 Å². The van der Waals surface area contributed by atoms with Crippen LogP contribution in [0.4, 0.5) is 0 Å². The number of aliphatic hydroxyl groups is 2. The zero-order valence-electron chi connectivity index (χ0n) is 8.65. The lowest BCUT2D eigenvalue weighted by molar-refractivity contribution is -0.127. The molecule has 2 atom stereocenters. The normalized spacial score (nSPS) is 24.4. The summed E-state index contributed by atoms with van der Waals surface area (Å²) in [6.07, 6.45) is 1.63. The van der Waals surface area contributed by atoms with Crippen LogP contribution in [0.1, 0.15) is 26.2 Å². The largest absolute Gasteiger partial charge is 0.396 e. The molecule has 82 valence electrons. The van der Waals surface area contributed by atoms with Crippen molar-refractivity contribution in [2.45, 2.75) is 32.3 Å². The minimum atomic E-state index is -0.474. The van der Waals surface area contributed by atoms with Gasteiger partial charge < -0.3 is 15.1 Å². The van der Waals surface area contributed by atoms with Crippen LogP contribution in [-0.2, 0) is 4.79 Å². The first kappa shape index (κ1) is 11.5. The number of hydrogen-bond acceptors (Lipinski definition) is 3. The molecule has 4 nitrogen and oxygen atoms in total. The molecule has 1 amide bonds. The fraction of sp³-hybridized carbons (Fsp3) is 0.900. The van der Waals surface area contributed by atoms with Crippen LogP contribution in [0.5, 0.6) is 0 Å². The van der Waals surface area contributed by atoms with Crippen molar-refractivity contribution in [3.63, 3.8) is 0 Å². The van der Waals surface area contributed by atoms with Gasteiger partial charge in [-0.15, -0.1) is 0 Å². The Kier molecular flexibility index (Phi) is 4.35. The Morgan fingerprint density at radius 3 is 2.86 bits per heavy atom. The first-order valence-corrected chi connectivity index (χ1v) is 5.20. The number of likely N-dealkylation sites (tertiary alicyclic amines) is 1. The molecule has 1 fully saturated rings. The number of carbonyl (C=O) groups excluding carboxylic acids is 1. The van der Waals surface area contributed by atoms with E-state index in [2.05, 4.69) is 0 Å². The van der Waals surface area contributed by atoms with Crippen LogP contribution in [0.3, 0.4) is 0 Å². The van der Waals surface area contributed by atoms with Crippen LogP contribution in [0.2, 0.25) is 0 Å². The first-order valence-electron chi connectivity index (χ1n) is 5.20. The molecule has 0 aromatic carbocycles. The van der Waals surface area contributed by atoms with E-state index in [1.807, 2.05) is 6.92 Å². The van der Waals surface area contributed by atoms with Gasteiger partial charge in [-0.05, 0) is 18.8 Å². The number of amides is 1. The van der Waals surface area contributed by atoms with E-state index in [1.165, 1.54) is 0 Å². The monoisotopic (exact) mass is 201 g/mol. The molecule has 2 N–H and O–H groups in total. The highest BCUT2D eigenvalue weighted by Gasteiger charge is 2.27. The van der Waals surface area contributed by atoms with E-state index < -0.39 is 6.10 Å². The van der Waals surface area contributed by atoms with Gasteiger partial charge in [0.2, 0.25) is 5.91 Å². The summed E-state index contributed by atoms with van der Waals surface area (Å²) < 4.78 is 0. The third-order valence-corrected chi connectivity index (χ3v) is 2.63. The number of nitrogens with zero attached hydrogens (tertiary/aromatic N) is 1. The van der Waals surface area contributed by atoms with Gasteiger partial charge in [-0.25, -0.2) is 0 Å². The van der Waals surface area contributed by atoms with Crippen molar-refractivity contribution in [1.29, 1.82) is 0 Å². The average Bonchev–Trinajstić information content (AvgIpc) is 2.45. The topological polar surface area (TPSA) is 60.8 Å². The molecule has 1 aliphatic rings. The molecule has 1 aliphatic heterocycles. The van der Waals surface area contributed by atoms with Crippen LogP contribution in [-0.4, -0.2) is 46.8 Å². The molecule has 1 rings (SSSR count). The molecular weight excluding hydrogens is 182 g/mol. The van der Waals surface area contributed by atoms with Gasteiger partial charge in [-0.2, -0.15) is 0 Å². The van der Waals surface area contributed by atoms with Crippen LogP contribution in [0, 0.1) is 5.92 Å². The van der Waals surface area contributed by atoms with E-state index in [4.69, 9.17) is 5.11 Å². The molecule has 0 spiro atoms. The second-order valence-corrected chi connectivity index (χ2v) is 4.13. The number of aliphatic hydroxyl groups excluding tert-OH is 2. The Morgan fingerprint density at radius 2 is 2.36 bits per heavy atom. The lowest BCUT2D eigenvalue weighted by Gasteiger charge is -2.16. The molecule has 1 heterocycles. The second-order valence-electron chi connectivity index (χ2n) is 4.13. The molecule has 2 unspecified atom stereocenters. The predicted molar refractivity (Wildman–Crippen MR) is 52.7 cm³/mol. The number of β-amino-alcohol motifs (C(OH)–C–C–N with tert-alkyl or cyclic N) is 1. The molecule has 1 saturated heterocycles. The Labute approximate surface area is 84.5 Å². The lowest BCUT2D eigenvalue weighted by Crippen LogP contribution is -2.27. The van der Waals surface area contributed by atoms with Crippen LogP contribution >= 0.6 is 0 Å². The molecule has 0 saturated carbocycles. The maximum absolute atomic E-state index is 11.2. The molecular formula is C10H19NO3. The standard InChI is InChI=1S/C10H19NO3/c1-8(7-12)3-2-4-11-6-9(13)5-10(11)14/h8-9,12-13H,2-7H2,1H3. The van der Waals surface area contributed by atoms with Crippen molar-refractivity contribution < 1.29 is 15.0 Å². The number of carbonyl (C=O) groups is 1. The van der Waals surface area contributed by atoms with Crippen molar-refractivity contribution in [1.82, 2.24) is 4.90 Å². The van der Waals surface area contributed by atoms with Crippen molar-refractivity contribution in [3.05, 3.63) is 0 Å². The van der Waals surface area contributed by atoms with Crippen LogP contribution in [0.15, 0.2) is 0 Å². The van der Waals surface area contributed by atoms with Gasteiger partial charge in [0, 0.05) is 19.7 Å². The summed E-state index contributed by atoms with van der Waals surface area (Å²) >= 11 is 0. The molecule has 0 aliphatic carbocycles. The minimum Gasteiger partial charge on any atom is -0.396 e. The van der Waals surface area contributed by atoms with Gasteiger partial charge in [-0.1, -0.05) is 6.92 Å². The molecule has 4 heteroatoms. The molecule has 0 bridgehead atoms. The van der Waals surface area contributed by atoms with Crippen LogP contribution < -0.4 is 0 Å². The van der Waals surface area contributed by atoms with Gasteiger partial charge in [0.05, 0.1) is 12.5 Å². The summed E-state index contributed by atoms with van der Waals surface area (Å²) in [6.45, 7) is 3.38. The highest BCUT2D eigenvalue weighted by atomic mass is 16.3. The smallest absolute Gasteiger partial charge is 0.225 e. The second kappa shape index (κ2) is 5.32. The van der Waals surface area contributed by atoms with Gasteiger partial charge >= 0.3 is 0 Å². The van der Waals surface area contributed by atoms with E-state index in [0.29, 0.717) is 19.0 Å². The van der Waals surface area contributed by atoms with E-state index in [9.17, 15) is 9.90 Å². The fourth-order valence-corrected chi connectivity index (χ4v) is 1.69. The third-order valence-electron chi connectivity index (χ3n) is 2.63. The van der Waals surface area contributed by atoms with Gasteiger partial charge in [0.25, 0.3) is 0 Å². The first-order chi connectivity index (χ1) is 6.63. The lowest BCUT2D eigenvalue weighted by atomic mass is 10.1. The SMILES string of the molecule is CC(CO)CCCN1CC(O)CC1=O. The predicted octanol–water partition coefficient (Wildman–Crippen LogP) is -0.0118. The molecule has 0 radical (unpaired) electrons. The Balaban J connectivity index is 2.15. The number of hydrogen-bond donors (Lipinski definition) is 2. The Bertz CT molecular complexity index is 196. The van der Waals surface area contributed by atoms with Crippen molar-refractivity contribution in [2.24, 2.45) is 5.92 Å². The average molecular weight is 201 g/mol. The number of rotatable bonds is 5. The van der Waals surface area contributed by atoms with Gasteiger partial charge in [0.1, 0.15) is 0 Å². The maximum atomic E-state index is 11.2. The quantitative estimate of drug-likeness (QED) is 0.657. The highest BCUT2D eigenvalue weighted by molar-refractivity contribution is 5.78. The zero-order valence-corrected chi connectivity index (χ0v) is 8.65. The van der Waals surface area contributed by atoms with Gasteiger partial charge in [-0.3, -0.25) is 4.79 Å². The van der Waals surface area contributed by atoms with Crippen molar-refractivity contribution >= 4 is 5.91 Å². The summed E-state index contributed by atoms with van der Waals surface area (Å²) in [5.74, 6) is 0.354. The summed E-state index contributed by atoms with van der Waals surface area (Å²) in [4.78, 5) is 12.9. The third kappa shape index (κ3) is 3.27. The highest BCUT2D eigenvalue weighted by Crippen LogP contribution is 2.13. The van der Waals surface area contributed by atoms with Gasteiger partial charge in [0.15, 0.2) is 0 Å². The van der Waals surface area contributed by atoms with E-state index >= 15 is 0 Å². The summed E-state index contributed by atoms with van der Waals surface area (Å²) in [5.41, 5.74) is 0. The Hall–Kier alpha value is -0.610. The zero-order chi connectivity index (χ0) is 10.6. The van der Waals surface area contributed by atoms with E-state index in [1.54, 1.807) is 4.90 Å². The van der Waals surface area contributed by atoms with Crippen LogP contribution in [0.25, 0.3) is 0 Å². The van der Waals surface area contributed by atoms with Crippen molar-refractivity contribution in [2.75, 3.05) is 19.7 Å². The summed E-state index contributed by atoms with van der Waals surface area (Å²) in [7, 11) is 0. The maximum Gasteiger partial charge on any atom is 0.225 e. The minimum absolute atomic E-state index is 0.0501. The summed E-state index contributed by atoms with van der Waals surface area (Å²) in [6, 6.07) is 0. The van der Waals surface area contributed by atoms with Crippen molar-refractivity contribution in [3.8, 4) is 0 Å². The fourth-order valence-electron chi connectivity index (χ4n) is 1.69. The molecule has 0 aromatic heterocycles. The van der Waals surface area contributed by atoms with E-state index in [-0.39, 0.29) is 18.9 Å². The molecule has 0 aromatic rings. The Morgan fingerprint density at radius 1 is 1.64 bits per heavy atom. The molecule has 14 heavy (non-hydrogen) atoms. The summed E-state index contributed by atoms with van der Waals surface area (Å²) in [5, 5.41) is 18.0.